The molecule has 0 radical (unpaired) electrons. The second-order valence-corrected chi connectivity index (χ2v) is 8.07. The van der Waals surface area contributed by atoms with Gasteiger partial charge in [0.1, 0.15) is 5.82 Å². The van der Waals surface area contributed by atoms with Gasteiger partial charge >= 0.3 is 0 Å². The molecule has 4 heteroatoms. The average molecular weight is 290 g/mol. The molecule has 118 valence electrons. The molecular formula is C17H30N4. The molecule has 3 unspecified atom stereocenters. The third-order valence-corrected chi connectivity index (χ3v) is 5.58. The zero-order valence-electron chi connectivity index (χ0n) is 13.8. The first-order valence-electron chi connectivity index (χ1n) is 8.41. The monoisotopic (exact) mass is 290 g/mol. The minimum Gasteiger partial charge on any atom is -0.333 e. The summed E-state index contributed by atoms with van der Waals surface area (Å²) in [5.41, 5.74) is 6.84. The molecule has 0 amide bonds. The first-order valence-corrected chi connectivity index (χ1v) is 8.41. The van der Waals surface area contributed by atoms with Crippen LogP contribution in [0.1, 0.15) is 45.9 Å². The number of hydrogen-bond donors (Lipinski definition) is 1. The fourth-order valence-corrected chi connectivity index (χ4v) is 3.99. The molecule has 0 saturated heterocycles. The molecule has 0 bridgehead atoms. The molecule has 3 atom stereocenters. The first kappa shape index (κ1) is 15.0. The molecule has 2 aliphatic rings. The topological polar surface area (TPSA) is 47.1 Å². The van der Waals surface area contributed by atoms with Gasteiger partial charge in [-0.15, -0.1) is 0 Å². The van der Waals surface area contributed by atoms with Crippen LogP contribution >= 0.6 is 0 Å². The molecule has 0 aromatic carbocycles. The number of imidazole rings is 1. The van der Waals surface area contributed by atoms with Crippen molar-refractivity contribution in [2.24, 2.45) is 23.0 Å². The van der Waals surface area contributed by atoms with Gasteiger partial charge in [-0.05, 0) is 36.5 Å². The third kappa shape index (κ3) is 3.32. The lowest BCUT2D eigenvalue weighted by molar-refractivity contribution is 0.0893. The van der Waals surface area contributed by atoms with Crippen LogP contribution in [0.4, 0.5) is 0 Å². The molecule has 0 spiro atoms. The predicted octanol–water partition coefficient (Wildman–Crippen LogP) is 2.49. The largest absolute Gasteiger partial charge is 0.333 e. The molecule has 2 heterocycles. The SMILES string of the molecule is CC(C)(C)C1CCC(N)C(CN2CCn3ccnc3C2)C1. The fraction of sp³-hybridized carbons (Fsp3) is 0.824. The van der Waals surface area contributed by atoms with Crippen molar-refractivity contribution in [1.29, 1.82) is 0 Å². The van der Waals surface area contributed by atoms with Crippen molar-refractivity contribution >= 4 is 0 Å². The van der Waals surface area contributed by atoms with Crippen LogP contribution in [0.5, 0.6) is 0 Å². The lowest BCUT2D eigenvalue weighted by Gasteiger charge is -2.42. The van der Waals surface area contributed by atoms with Crippen LogP contribution in [-0.2, 0) is 13.1 Å². The number of nitrogens with two attached hydrogens (primary N) is 1. The Bertz CT molecular complexity index is 473. The van der Waals surface area contributed by atoms with Crippen LogP contribution in [0.2, 0.25) is 0 Å². The Labute approximate surface area is 128 Å². The van der Waals surface area contributed by atoms with E-state index in [1.54, 1.807) is 0 Å². The van der Waals surface area contributed by atoms with Crippen molar-refractivity contribution in [3.05, 3.63) is 18.2 Å². The molecule has 1 fully saturated rings. The molecule has 3 rings (SSSR count). The maximum absolute atomic E-state index is 6.43. The number of fused-ring (bicyclic) bond motifs is 1. The van der Waals surface area contributed by atoms with Crippen molar-refractivity contribution in [1.82, 2.24) is 14.5 Å². The van der Waals surface area contributed by atoms with Crippen molar-refractivity contribution in [3.8, 4) is 0 Å². The highest BCUT2D eigenvalue weighted by molar-refractivity contribution is 4.97. The summed E-state index contributed by atoms with van der Waals surface area (Å²) < 4.78 is 2.27. The number of rotatable bonds is 2. The molecule has 1 aromatic rings. The number of hydrogen-bond acceptors (Lipinski definition) is 3. The summed E-state index contributed by atoms with van der Waals surface area (Å²) in [5, 5.41) is 0. The van der Waals surface area contributed by atoms with Crippen LogP contribution in [0, 0.1) is 17.3 Å². The van der Waals surface area contributed by atoms with Crippen LogP contribution in [0.25, 0.3) is 0 Å². The van der Waals surface area contributed by atoms with E-state index in [1.807, 2.05) is 6.20 Å². The predicted molar refractivity (Wildman–Crippen MR) is 85.8 cm³/mol. The molecule has 2 N–H and O–H groups in total. The molecular weight excluding hydrogens is 260 g/mol. The number of nitrogens with zero attached hydrogens (tertiary/aromatic N) is 3. The summed E-state index contributed by atoms with van der Waals surface area (Å²) in [6.45, 7) is 11.5. The van der Waals surface area contributed by atoms with E-state index in [0.717, 1.165) is 32.1 Å². The van der Waals surface area contributed by atoms with Gasteiger partial charge in [-0.3, -0.25) is 4.90 Å². The summed E-state index contributed by atoms with van der Waals surface area (Å²) in [4.78, 5) is 7.02. The highest BCUT2D eigenvalue weighted by Gasteiger charge is 2.35. The average Bonchev–Trinajstić information content (AvgIpc) is 2.87. The summed E-state index contributed by atoms with van der Waals surface area (Å²) in [7, 11) is 0. The third-order valence-electron chi connectivity index (χ3n) is 5.58. The Hall–Kier alpha value is -0.870. The van der Waals surface area contributed by atoms with Crippen LogP contribution in [0.3, 0.4) is 0 Å². The van der Waals surface area contributed by atoms with Crippen LogP contribution < -0.4 is 5.73 Å². The minimum absolute atomic E-state index is 0.380. The maximum atomic E-state index is 6.43. The van der Waals surface area contributed by atoms with Crippen molar-refractivity contribution in [2.45, 2.75) is 59.2 Å². The van der Waals surface area contributed by atoms with E-state index in [1.165, 1.54) is 25.1 Å². The van der Waals surface area contributed by atoms with Gasteiger partial charge in [0.05, 0.1) is 6.54 Å². The molecule has 1 aliphatic heterocycles. The summed E-state index contributed by atoms with van der Waals surface area (Å²) in [5.74, 6) is 2.66. The van der Waals surface area contributed by atoms with E-state index in [2.05, 4.69) is 41.4 Å². The van der Waals surface area contributed by atoms with Gasteiger partial charge < -0.3 is 10.3 Å². The van der Waals surface area contributed by atoms with Gasteiger partial charge in [-0.2, -0.15) is 0 Å². The highest BCUT2D eigenvalue weighted by Crippen LogP contribution is 2.40. The van der Waals surface area contributed by atoms with Gasteiger partial charge in [0.2, 0.25) is 0 Å². The minimum atomic E-state index is 0.380. The van der Waals surface area contributed by atoms with Crippen LogP contribution in [-0.4, -0.2) is 33.6 Å². The quantitative estimate of drug-likeness (QED) is 0.910. The standard InChI is InChI=1S/C17H30N4/c1-17(2,3)14-4-5-15(18)13(10-14)11-20-8-9-21-7-6-19-16(21)12-20/h6-7,13-15H,4-5,8-12,18H2,1-3H3. The van der Waals surface area contributed by atoms with Gasteiger partial charge in [-0.25, -0.2) is 4.98 Å². The van der Waals surface area contributed by atoms with Gasteiger partial charge in [0, 0.05) is 38.1 Å². The fourth-order valence-electron chi connectivity index (χ4n) is 3.99. The summed E-state index contributed by atoms with van der Waals surface area (Å²) in [6.07, 6.45) is 7.78. The van der Waals surface area contributed by atoms with Gasteiger partial charge in [0.15, 0.2) is 0 Å². The smallest absolute Gasteiger partial charge is 0.122 e. The second kappa shape index (κ2) is 5.73. The Kier molecular flexibility index (Phi) is 4.10. The Morgan fingerprint density at radius 1 is 1.29 bits per heavy atom. The van der Waals surface area contributed by atoms with Crippen LogP contribution in [0.15, 0.2) is 12.4 Å². The normalized spacial score (nSPS) is 31.1. The van der Waals surface area contributed by atoms with Gasteiger partial charge in [0.25, 0.3) is 0 Å². The van der Waals surface area contributed by atoms with Crippen molar-refractivity contribution in [3.63, 3.8) is 0 Å². The van der Waals surface area contributed by atoms with E-state index >= 15 is 0 Å². The first-order chi connectivity index (χ1) is 9.93. The van der Waals surface area contributed by atoms with E-state index in [9.17, 15) is 0 Å². The Balaban J connectivity index is 1.61. The van der Waals surface area contributed by atoms with Crippen molar-refractivity contribution in [2.75, 3.05) is 13.1 Å². The lowest BCUT2D eigenvalue weighted by atomic mass is 9.67. The van der Waals surface area contributed by atoms with E-state index in [0.29, 0.717) is 17.4 Å². The zero-order valence-corrected chi connectivity index (χ0v) is 13.8. The maximum Gasteiger partial charge on any atom is 0.122 e. The molecule has 21 heavy (non-hydrogen) atoms. The van der Waals surface area contributed by atoms with Gasteiger partial charge in [-0.1, -0.05) is 20.8 Å². The van der Waals surface area contributed by atoms with E-state index in [4.69, 9.17) is 5.73 Å². The lowest BCUT2D eigenvalue weighted by Crippen LogP contribution is -2.46. The summed E-state index contributed by atoms with van der Waals surface area (Å²) in [6, 6.07) is 0.380. The summed E-state index contributed by atoms with van der Waals surface area (Å²) >= 11 is 0. The highest BCUT2D eigenvalue weighted by atomic mass is 15.2. The van der Waals surface area contributed by atoms with E-state index < -0.39 is 0 Å². The molecule has 1 aromatic heterocycles. The second-order valence-electron chi connectivity index (χ2n) is 8.07. The molecule has 1 aliphatic carbocycles. The Morgan fingerprint density at radius 3 is 2.86 bits per heavy atom. The van der Waals surface area contributed by atoms with Crippen molar-refractivity contribution < 1.29 is 0 Å². The Morgan fingerprint density at radius 2 is 2.10 bits per heavy atom. The van der Waals surface area contributed by atoms with E-state index in [-0.39, 0.29) is 0 Å². The molecule has 4 nitrogen and oxygen atoms in total. The number of aromatic nitrogens is 2. The zero-order chi connectivity index (χ0) is 15.0. The molecule has 1 saturated carbocycles.